The van der Waals surface area contributed by atoms with Gasteiger partial charge in [0.1, 0.15) is 13.2 Å². The summed E-state index contributed by atoms with van der Waals surface area (Å²) in [5.41, 5.74) is 0. The lowest BCUT2D eigenvalue weighted by molar-refractivity contribution is -0.166. The number of ether oxygens (including phenoxy) is 3. The zero-order valence-electron chi connectivity index (χ0n) is 37.7. The minimum absolute atomic E-state index is 0.142. The molecule has 0 N–H and O–H groups in total. The Morgan fingerprint density at radius 1 is 0.373 bits per heavy atom. The van der Waals surface area contributed by atoms with Gasteiger partial charge in [-0.2, -0.15) is 0 Å². The highest BCUT2D eigenvalue weighted by Gasteiger charge is 2.19. The topological polar surface area (TPSA) is 78.9 Å². The summed E-state index contributed by atoms with van der Waals surface area (Å²) in [5.74, 6) is -1.13. The van der Waals surface area contributed by atoms with E-state index >= 15 is 0 Å². The van der Waals surface area contributed by atoms with Crippen LogP contribution in [0.4, 0.5) is 0 Å². The third kappa shape index (κ3) is 45.0. The van der Waals surface area contributed by atoms with Crippen molar-refractivity contribution in [2.45, 2.75) is 194 Å². The van der Waals surface area contributed by atoms with E-state index in [9.17, 15) is 14.4 Å². The van der Waals surface area contributed by atoms with E-state index in [-0.39, 0.29) is 44.4 Å². The highest BCUT2D eigenvalue weighted by atomic mass is 16.6. The third-order valence-electron chi connectivity index (χ3n) is 9.39. The molecule has 0 saturated heterocycles. The molecule has 0 aromatic heterocycles. The highest BCUT2D eigenvalue weighted by molar-refractivity contribution is 5.71. The zero-order chi connectivity index (χ0) is 43.0. The van der Waals surface area contributed by atoms with Gasteiger partial charge in [0, 0.05) is 19.3 Å². The van der Waals surface area contributed by atoms with Gasteiger partial charge < -0.3 is 14.2 Å². The Morgan fingerprint density at radius 2 is 0.763 bits per heavy atom. The van der Waals surface area contributed by atoms with Crippen molar-refractivity contribution in [1.29, 1.82) is 0 Å². The summed E-state index contributed by atoms with van der Waals surface area (Å²) < 4.78 is 16.6. The molecule has 0 heterocycles. The van der Waals surface area contributed by atoms with Crippen molar-refractivity contribution in [2.75, 3.05) is 13.2 Å². The molecule has 0 bridgehead atoms. The fraction of sp³-hybridized carbons (Fsp3) is 0.604. The Labute approximate surface area is 361 Å². The van der Waals surface area contributed by atoms with E-state index in [1.165, 1.54) is 77.0 Å². The fourth-order valence-electron chi connectivity index (χ4n) is 5.86. The molecule has 6 heteroatoms. The summed E-state index contributed by atoms with van der Waals surface area (Å²) in [6.07, 6.45) is 62.4. The molecule has 0 amide bonds. The van der Waals surface area contributed by atoms with E-state index < -0.39 is 12.1 Å². The van der Waals surface area contributed by atoms with Crippen LogP contribution in [0.15, 0.2) is 109 Å². The second-order valence-corrected chi connectivity index (χ2v) is 15.0. The lowest BCUT2D eigenvalue weighted by atomic mass is 10.1. The summed E-state index contributed by atoms with van der Waals surface area (Å²) in [6, 6.07) is 0. The summed E-state index contributed by atoms with van der Waals surface area (Å²) in [6.45, 7) is 6.30. The van der Waals surface area contributed by atoms with Gasteiger partial charge in [0.15, 0.2) is 6.10 Å². The maximum Gasteiger partial charge on any atom is 0.306 e. The van der Waals surface area contributed by atoms with Gasteiger partial charge in [0.05, 0.1) is 0 Å². The number of esters is 3. The van der Waals surface area contributed by atoms with Crippen LogP contribution in [0.1, 0.15) is 188 Å². The number of carbonyl (C=O) groups is 3. The largest absolute Gasteiger partial charge is 0.462 e. The maximum absolute atomic E-state index is 12.7. The Balaban J connectivity index is 4.63. The van der Waals surface area contributed by atoms with Crippen LogP contribution in [0, 0.1) is 0 Å². The highest BCUT2D eigenvalue weighted by Crippen LogP contribution is 2.10. The van der Waals surface area contributed by atoms with Gasteiger partial charge in [-0.3, -0.25) is 14.4 Å². The number of carbonyl (C=O) groups excluding carboxylic acids is 3. The Hall–Kier alpha value is -3.93. The summed E-state index contributed by atoms with van der Waals surface area (Å²) in [7, 11) is 0. The lowest BCUT2D eigenvalue weighted by Gasteiger charge is -2.18. The number of hydrogen-bond donors (Lipinski definition) is 0. The van der Waals surface area contributed by atoms with E-state index in [0.717, 1.165) is 51.4 Å². The molecule has 1 atom stereocenters. The van der Waals surface area contributed by atoms with E-state index in [1.807, 2.05) is 60.8 Å². The number of hydrogen-bond acceptors (Lipinski definition) is 6. The second kappa shape index (κ2) is 46.8. The standard InChI is InChI=1S/C53H84O6/c1-4-7-10-13-16-19-22-25-26-29-31-34-37-40-43-46-52(55)58-49-50(59-53(56)47-44-41-38-35-32-28-24-21-18-15-12-9-6-3)48-57-51(54)45-42-39-36-33-30-27-23-20-17-14-11-8-5-2/h7,10,13,16,19,22,25-32,36,38-39,41,50H,4-6,8-9,11-12,14-15,17-18,20-21,23-24,33-35,37,40,42-49H2,1-3H3/b10-7-,16-13-,22-19-,26-25-,30-27-,31-29-,32-28-,39-36-,41-38-. The molecule has 0 aromatic rings. The molecule has 0 radical (unpaired) electrons. The van der Waals surface area contributed by atoms with Crippen LogP contribution >= 0.6 is 0 Å². The molecule has 6 nitrogen and oxygen atoms in total. The smallest absolute Gasteiger partial charge is 0.306 e. The number of unbranched alkanes of at least 4 members (excludes halogenated alkanes) is 15. The minimum Gasteiger partial charge on any atom is -0.462 e. The number of rotatable bonds is 40. The first-order valence-corrected chi connectivity index (χ1v) is 23.5. The first-order valence-electron chi connectivity index (χ1n) is 23.5. The first-order chi connectivity index (χ1) is 29.0. The summed E-state index contributed by atoms with van der Waals surface area (Å²) in [5, 5.41) is 0. The van der Waals surface area contributed by atoms with E-state index in [0.29, 0.717) is 19.3 Å². The molecule has 0 aliphatic carbocycles. The van der Waals surface area contributed by atoms with Gasteiger partial charge in [0.2, 0.25) is 0 Å². The first kappa shape index (κ1) is 55.1. The molecular weight excluding hydrogens is 733 g/mol. The molecule has 0 rings (SSSR count). The third-order valence-corrected chi connectivity index (χ3v) is 9.39. The van der Waals surface area contributed by atoms with Crippen LogP contribution in [0.3, 0.4) is 0 Å². The van der Waals surface area contributed by atoms with Gasteiger partial charge in [-0.1, -0.05) is 201 Å². The summed E-state index contributed by atoms with van der Waals surface area (Å²) in [4.78, 5) is 37.7. The zero-order valence-corrected chi connectivity index (χ0v) is 37.7. The normalized spacial score (nSPS) is 13.1. The molecular formula is C53H84O6. The maximum atomic E-state index is 12.7. The minimum atomic E-state index is -0.849. The predicted molar refractivity (Wildman–Crippen MR) is 251 cm³/mol. The Morgan fingerprint density at radius 3 is 1.27 bits per heavy atom. The molecule has 332 valence electrons. The molecule has 0 aromatic carbocycles. The van der Waals surface area contributed by atoms with E-state index in [4.69, 9.17) is 14.2 Å². The van der Waals surface area contributed by atoms with E-state index in [1.54, 1.807) is 0 Å². The predicted octanol–water partition coefficient (Wildman–Crippen LogP) is 15.2. The van der Waals surface area contributed by atoms with Crippen molar-refractivity contribution in [3.8, 4) is 0 Å². The second-order valence-electron chi connectivity index (χ2n) is 15.0. The van der Waals surface area contributed by atoms with Gasteiger partial charge in [-0.15, -0.1) is 0 Å². The Kier molecular flexibility index (Phi) is 43.6. The van der Waals surface area contributed by atoms with E-state index in [2.05, 4.69) is 69.4 Å². The number of allylic oxidation sites excluding steroid dienone is 18. The van der Waals surface area contributed by atoms with Crippen LogP contribution in [0.5, 0.6) is 0 Å². The van der Waals surface area contributed by atoms with Crippen molar-refractivity contribution in [3.63, 3.8) is 0 Å². The monoisotopic (exact) mass is 817 g/mol. The SMILES string of the molecule is CC\C=C/C=C\C=C/C=C\C=C/CCCCCC(=O)OCC(COC(=O)CC/C=C\C/C=C\CCCCCCCC)OC(=O)CC/C=C\C/C=C\CCCCCCCC. The van der Waals surface area contributed by atoms with Crippen LogP contribution in [0.2, 0.25) is 0 Å². The average molecular weight is 817 g/mol. The summed E-state index contributed by atoms with van der Waals surface area (Å²) >= 11 is 0. The molecule has 0 aliphatic rings. The van der Waals surface area contributed by atoms with Crippen LogP contribution in [0.25, 0.3) is 0 Å². The van der Waals surface area contributed by atoms with Crippen molar-refractivity contribution >= 4 is 17.9 Å². The van der Waals surface area contributed by atoms with Crippen LogP contribution in [-0.4, -0.2) is 37.2 Å². The molecule has 0 fully saturated rings. The van der Waals surface area contributed by atoms with Crippen molar-refractivity contribution in [3.05, 3.63) is 109 Å². The fourth-order valence-corrected chi connectivity index (χ4v) is 5.86. The van der Waals surface area contributed by atoms with Crippen LogP contribution < -0.4 is 0 Å². The van der Waals surface area contributed by atoms with Crippen molar-refractivity contribution in [1.82, 2.24) is 0 Å². The van der Waals surface area contributed by atoms with Crippen molar-refractivity contribution in [2.24, 2.45) is 0 Å². The molecule has 0 saturated carbocycles. The lowest BCUT2D eigenvalue weighted by Crippen LogP contribution is -2.30. The average Bonchev–Trinajstić information content (AvgIpc) is 3.23. The molecule has 59 heavy (non-hydrogen) atoms. The quantitative estimate of drug-likeness (QED) is 0.0201. The van der Waals surface area contributed by atoms with Crippen LogP contribution in [-0.2, 0) is 28.6 Å². The molecule has 1 unspecified atom stereocenters. The van der Waals surface area contributed by atoms with Gasteiger partial charge in [-0.05, 0) is 77.0 Å². The molecule has 0 spiro atoms. The van der Waals surface area contributed by atoms with Crippen molar-refractivity contribution < 1.29 is 28.6 Å². The molecule has 0 aliphatic heterocycles. The van der Waals surface area contributed by atoms with Gasteiger partial charge >= 0.3 is 17.9 Å². The van der Waals surface area contributed by atoms with Gasteiger partial charge in [-0.25, -0.2) is 0 Å². The Bertz CT molecular complexity index is 1260. The van der Waals surface area contributed by atoms with Gasteiger partial charge in [0.25, 0.3) is 0 Å².